The van der Waals surface area contributed by atoms with Crippen molar-refractivity contribution in [3.05, 3.63) is 47.1 Å². The Bertz CT molecular complexity index is 637. The molecule has 2 unspecified atom stereocenters. The van der Waals surface area contributed by atoms with Gasteiger partial charge in [-0.2, -0.15) is 0 Å². The summed E-state index contributed by atoms with van der Waals surface area (Å²) in [5.74, 6) is -0.0866. The first-order chi connectivity index (χ1) is 11.7. The van der Waals surface area contributed by atoms with E-state index in [0.717, 1.165) is 23.1 Å². The van der Waals surface area contributed by atoms with Crippen molar-refractivity contribution in [2.24, 2.45) is 5.92 Å². The highest BCUT2D eigenvalue weighted by Gasteiger charge is 2.33. The van der Waals surface area contributed by atoms with Crippen LogP contribution < -0.4 is 0 Å². The monoisotopic (exact) mass is 346 g/mol. The second kappa shape index (κ2) is 8.07. The van der Waals surface area contributed by atoms with Gasteiger partial charge in [0, 0.05) is 11.5 Å². The Kier molecular flexibility index (Phi) is 6.31. The van der Waals surface area contributed by atoms with Crippen LogP contribution in [0.2, 0.25) is 0 Å². The molecule has 0 aromatic heterocycles. The number of hydrogen-bond acceptors (Lipinski definition) is 4. The van der Waals surface area contributed by atoms with Gasteiger partial charge in [0.05, 0.1) is 12.2 Å². The van der Waals surface area contributed by atoms with Crippen LogP contribution in [-0.4, -0.2) is 32.6 Å². The maximum absolute atomic E-state index is 10.6. The van der Waals surface area contributed by atoms with Crippen LogP contribution in [0.4, 0.5) is 0 Å². The molecule has 4 nitrogen and oxygen atoms in total. The molecule has 0 radical (unpaired) electrons. The van der Waals surface area contributed by atoms with Crippen molar-refractivity contribution in [2.75, 3.05) is 0 Å². The highest BCUT2D eigenvalue weighted by atomic mass is 16.3. The Morgan fingerprint density at radius 1 is 1.28 bits per heavy atom. The minimum absolute atomic E-state index is 0.0309. The van der Waals surface area contributed by atoms with Crippen LogP contribution in [0.25, 0.3) is 0 Å². The molecule has 0 heterocycles. The van der Waals surface area contributed by atoms with Crippen molar-refractivity contribution in [1.82, 2.24) is 0 Å². The summed E-state index contributed by atoms with van der Waals surface area (Å²) in [6.45, 7) is 9.55. The Labute approximate surface area is 150 Å². The molecule has 4 N–H and O–H groups in total. The molecule has 2 rings (SSSR count). The van der Waals surface area contributed by atoms with Crippen LogP contribution in [0.15, 0.2) is 35.9 Å². The average molecular weight is 346 g/mol. The molecule has 4 heteroatoms. The maximum Gasteiger partial charge on any atom is 0.123 e. The summed E-state index contributed by atoms with van der Waals surface area (Å²) in [5.41, 5.74) is 3.12. The zero-order valence-electron chi connectivity index (χ0n) is 15.4. The normalized spacial score (nSPS) is 24.7. The minimum atomic E-state index is -0.512. The molecule has 25 heavy (non-hydrogen) atoms. The van der Waals surface area contributed by atoms with Crippen LogP contribution in [0.5, 0.6) is 11.5 Å². The lowest BCUT2D eigenvalue weighted by Gasteiger charge is -2.34. The van der Waals surface area contributed by atoms with E-state index in [9.17, 15) is 20.4 Å². The first-order valence-corrected chi connectivity index (χ1v) is 8.95. The second-order valence-electron chi connectivity index (χ2n) is 7.43. The molecule has 4 atom stereocenters. The number of aromatic hydroxyl groups is 2. The fourth-order valence-corrected chi connectivity index (χ4v) is 3.64. The molecule has 0 fully saturated rings. The van der Waals surface area contributed by atoms with Crippen LogP contribution in [0.3, 0.4) is 0 Å². The van der Waals surface area contributed by atoms with E-state index >= 15 is 0 Å². The van der Waals surface area contributed by atoms with E-state index < -0.39 is 6.10 Å². The second-order valence-corrected chi connectivity index (χ2v) is 7.43. The van der Waals surface area contributed by atoms with Gasteiger partial charge < -0.3 is 20.4 Å². The predicted octanol–water partition coefficient (Wildman–Crippen LogP) is 3.79. The molecule has 0 bridgehead atoms. The first kappa shape index (κ1) is 19.5. The van der Waals surface area contributed by atoms with Crippen LogP contribution in [0, 0.1) is 5.92 Å². The summed E-state index contributed by atoms with van der Waals surface area (Å²) < 4.78 is 0. The third-order valence-electron chi connectivity index (χ3n) is 5.13. The molecular weight excluding hydrogens is 316 g/mol. The summed E-state index contributed by atoms with van der Waals surface area (Å²) in [6.07, 6.45) is 3.77. The number of benzene rings is 1. The number of aryl methyl sites for hydroxylation is 1. The SMILES string of the molecule is C=C(C)[C@@H]1CC(O)C(C)=C[C@H]1c1c(O)cc(CCCC(C)O)cc1O. The van der Waals surface area contributed by atoms with Crippen LogP contribution in [-0.2, 0) is 6.42 Å². The Morgan fingerprint density at radius 3 is 2.40 bits per heavy atom. The number of rotatable bonds is 6. The van der Waals surface area contributed by atoms with Crippen molar-refractivity contribution < 1.29 is 20.4 Å². The van der Waals surface area contributed by atoms with Gasteiger partial charge in [0.15, 0.2) is 0 Å². The Balaban J connectivity index is 2.33. The zero-order valence-corrected chi connectivity index (χ0v) is 15.4. The van der Waals surface area contributed by atoms with Crippen molar-refractivity contribution in [3.63, 3.8) is 0 Å². The number of aliphatic hydroxyl groups excluding tert-OH is 2. The summed E-state index contributed by atoms with van der Waals surface area (Å²) in [7, 11) is 0. The number of hydrogen-bond donors (Lipinski definition) is 4. The standard InChI is InChI=1S/C21H30O4/c1-12(2)16-11-18(23)13(3)8-17(16)21-19(24)9-15(10-20(21)25)7-5-6-14(4)22/h8-10,14,16-18,22-25H,1,5-7,11H2,2-4H3/t14?,16-,17+,18?/m0/s1. The number of aliphatic hydroxyl groups is 2. The molecule has 1 aliphatic carbocycles. The van der Waals surface area contributed by atoms with Gasteiger partial charge in [-0.05, 0) is 75.6 Å². The first-order valence-electron chi connectivity index (χ1n) is 8.95. The van der Waals surface area contributed by atoms with E-state index in [0.29, 0.717) is 24.8 Å². The molecule has 1 aromatic carbocycles. The van der Waals surface area contributed by atoms with E-state index in [1.807, 2.05) is 19.9 Å². The van der Waals surface area contributed by atoms with Crippen molar-refractivity contribution in [1.29, 1.82) is 0 Å². The van der Waals surface area contributed by atoms with Crippen molar-refractivity contribution in [2.45, 2.75) is 64.6 Å². The van der Waals surface area contributed by atoms with Crippen molar-refractivity contribution >= 4 is 0 Å². The highest BCUT2D eigenvalue weighted by molar-refractivity contribution is 5.52. The fourth-order valence-electron chi connectivity index (χ4n) is 3.64. The van der Waals surface area contributed by atoms with Crippen LogP contribution >= 0.6 is 0 Å². The lowest BCUT2D eigenvalue weighted by Crippen LogP contribution is -2.26. The number of phenols is 2. The summed E-state index contributed by atoms with van der Waals surface area (Å²) >= 11 is 0. The third-order valence-corrected chi connectivity index (χ3v) is 5.13. The molecule has 1 aromatic rings. The quantitative estimate of drug-likeness (QED) is 0.591. The van der Waals surface area contributed by atoms with Gasteiger partial charge >= 0.3 is 0 Å². The highest BCUT2D eigenvalue weighted by Crippen LogP contribution is 2.46. The summed E-state index contributed by atoms with van der Waals surface area (Å²) in [6, 6.07) is 3.39. The lowest BCUT2D eigenvalue weighted by molar-refractivity contribution is 0.168. The van der Waals surface area contributed by atoms with E-state index in [4.69, 9.17) is 0 Å². The zero-order chi connectivity index (χ0) is 18.7. The van der Waals surface area contributed by atoms with Crippen LogP contribution in [0.1, 0.15) is 57.1 Å². The van der Waals surface area contributed by atoms with Gasteiger partial charge in [0.2, 0.25) is 0 Å². The maximum atomic E-state index is 10.6. The molecule has 0 saturated heterocycles. The van der Waals surface area contributed by atoms with E-state index in [2.05, 4.69) is 6.58 Å². The molecule has 0 aliphatic heterocycles. The summed E-state index contributed by atoms with van der Waals surface area (Å²) in [5, 5.41) is 40.6. The summed E-state index contributed by atoms with van der Waals surface area (Å²) in [4.78, 5) is 0. The van der Waals surface area contributed by atoms with Crippen molar-refractivity contribution in [3.8, 4) is 11.5 Å². The molecule has 0 amide bonds. The molecule has 0 spiro atoms. The van der Waals surface area contributed by atoms with Gasteiger partial charge in [0.1, 0.15) is 11.5 Å². The Hall–Kier alpha value is -1.78. The van der Waals surface area contributed by atoms with Gasteiger partial charge in [-0.3, -0.25) is 0 Å². The fraction of sp³-hybridized carbons (Fsp3) is 0.524. The van der Waals surface area contributed by atoms with Gasteiger partial charge in [-0.1, -0.05) is 18.2 Å². The predicted molar refractivity (Wildman–Crippen MR) is 99.8 cm³/mol. The molecule has 0 saturated carbocycles. The number of allylic oxidation sites excluding steroid dienone is 2. The Morgan fingerprint density at radius 2 is 1.88 bits per heavy atom. The molecular formula is C21H30O4. The number of phenolic OH excluding ortho intramolecular Hbond substituents is 2. The van der Waals surface area contributed by atoms with Gasteiger partial charge in [-0.25, -0.2) is 0 Å². The largest absolute Gasteiger partial charge is 0.507 e. The van der Waals surface area contributed by atoms with E-state index in [1.54, 1.807) is 19.1 Å². The smallest absolute Gasteiger partial charge is 0.123 e. The molecule has 1 aliphatic rings. The lowest BCUT2D eigenvalue weighted by atomic mass is 9.72. The molecule has 138 valence electrons. The van der Waals surface area contributed by atoms with Gasteiger partial charge in [-0.15, -0.1) is 0 Å². The van der Waals surface area contributed by atoms with E-state index in [-0.39, 0.29) is 29.4 Å². The van der Waals surface area contributed by atoms with Gasteiger partial charge in [0.25, 0.3) is 0 Å². The topological polar surface area (TPSA) is 80.9 Å². The average Bonchev–Trinajstić information content (AvgIpc) is 2.49. The third kappa shape index (κ3) is 4.65. The van der Waals surface area contributed by atoms with E-state index in [1.165, 1.54) is 0 Å². The minimum Gasteiger partial charge on any atom is -0.507 e.